The van der Waals surface area contributed by atoms with Crippen LogP contribution in [0.4, 0.5) is 0 Å². The van der Waals surface area contributed by atoms with Gasteiger partial charge in [0.25, 0.3) is 0 Å². The van der Waals surface area contributed by atoms with Gasteiger partial charge in [0, 0.05) is 25.0 Å². The minimum absolute atomic E-state index is 0.0364. The van der Waals surface area contributed by atoms with E-state index in [1.807, 2.05) is 0 Å². The predicted molar refractivity (Wildman–Crippen MR) is 104 cm³/mol. The first-order chi connectivity index (χ1) is 11.5. The third-order valence-electron chi connectivity index (χ3n) is 4.81. The number of guanidine groups is 1. The molecule has 4 heteroatoms. The van der Waals surface area contributed by atoms with Gasteiger partial charge in [0.1, 0.15) is 0 Å². The molecule has 1 atom stereocenters. The second kappa shape index (κ2) is 9.07. The molecule has 134 valence electrons. The van der Waals surface area contributed by atoms with Crippen molar-refractivity contribution >= 4 is 5.96 Å². The number of likely N-dealkylation sites (tertiary alicyclic amines) is 1. The topological polar surface area (TPSA) is 39.7 Å². The number of benzene rings is 1. The van der Waals surface area contributed by atoms with Crippen molar-refractivity contribution in [3.8, 4) is 0 Å². The lowest BCUT2D eigenvalue weighted by Crippen LogP contribution is -2.44. The zero-order chi connectivity index (χ0) is 17.4. The molecule has 1 saturated heterocycles. The van der Waals surface area contributed by atoms with E-state index in [4.69, 9.17) is 4.99 Å². The predicted octanol–water partition coefficient (Wildman–Crippen LogP) is 2.86. The van der Waals surface area contributed by atoms with E-state index in [1.54, 1.807) is 0 Å². The number of hydrogen-bond acceptors (Lipinski definition) is 2. The van der Waals surface area contributed by atoms with Crippen LogP contribution < -0.4 is 10.6 Å². The van der Waals surface area contributed by atoms with Gasteiger partial charge in [0.2, 0.25) is 0 Å². The summed E-state index contributed by atoms with van der Waals surface area (Å²) in [7, 11) is 2.22. The van der Waals surface area contributed by atoms with Gasteiger partial charge in [-0.25, -0.2) is 0 Å². The minimum atomic E-state index is 0.0364. The van der Waals surface area contributed by atoms with Crippen LogP contribution in [0.1, 0.15) is 39.2 Å². The van der Waals surface area contributed by atoms with Gasteiger partial charge >= 0.3 is 0 Å². The molecule has 4 nitrogen and oxygen atoms in total. The van der Waals surface area contributed by atoms with E-state index in [-0.39, 0.29) is 5.41 Å². The van der Waals surface area contributed by atoms with Crippen LogP contribution >= 0.6 is 0 Å². The molecular weight excluding hydrogens is 296 g/mol. The molecule has 1 aromatic carbocycles. The summed E-state index contributed by atoms with van der Waals surface area (Å²) in [5.41, 5.74) is 1.37. The van der Waals surface area contributed by atoms with Gasteiger partial charge in [-0.15, -0.1) is 0 Å². The Labute approximate surface area is 147 Å². The van der Waals surface area contributed by atoms with Crippen molar-refractivity contribution < 1.29 is 0 Å². The Bertz CT molecular complexity index is 510. The third kappa shape index (κ3) is 5.82. The van der Waals surface area contributed by atoms with Crippen molar-refractivity contribution in [2.45, 2.75) is 39.0 Å². The van der Waals surface area contributed by atoms with Crippen molar-refractivity contribution in [1.82, 2.24) is 15.5 Å². The van der Waals surface area contributed by atoms with Gasteiger partial charge in [0.15, 0.2) is 5.96 Å². The molecule has 0 saturated carbocycles. The highest BCUT2D eigenvalue weighted by molar-refractivity contribution is 5.79. The minimum Gasteiger partial charge on any atom is -0.357 e. The molecule has 1 fully saturated rings. The quantitative estimate of drug-likeness (QED) is 0.622. The third-order valence-corrected chi connectivity index (χ3v) is 4.81. The molecule has 1 aromatic rings. The molecule has 0 spiro atoms. The van der Waals surface area contributed by atoms with Crippen molar-refractivity contribution in [3.63, 3.8) is 0 Å². The van der Waals surface area contributed by atoms with Crippen LogP contribution in [0.25, 0.3) is 0 Å². The molecule has 2 rings (SSSR count). The van der Waals surface area contributed by atoms with E-state index in [0.29, 0.717) is 0 Å². The van der Waals surface area contributed by atoms with E-state index in [9.17, 15) is 0 Å². The Morgan fingerprint density at radius 3 is 2.67 bits per heavy atom. The fraction of sp³-hybridized carbons (Fsp3) is 0.650. The molecule has 0 bridgehead atoms. The molecule has 0 radical (unpaired) electrons. The van der Waals surface area contributed by atoms with Crippen molar-refractivity contribution in [2.75, 3.05) is 39.8 Å². The van der Waals surface area contributed by atoms with Crippen molar-refractivity contribution in [1.29, 1.82) is 0 Å². The van der Waals surface area contributed by atoms with Crippen LogP contribution in [0.15, 0.2) is 35.3 Å². The number of aliphatic imine (C=N–C) groups is 1. The largest absolute Gasteiger partial charge is 0.357 e. The first-order valence-corrected chi connectivity index (χ1v) is 9.27. The standard InChI is InChI=1S/C20H34N4/c1-5-21-19(22-14-17-10-9-13-24(4)15-17)23-16-20(2,3)18-11-7-6-8-12-18/h6-8,11-12,17H,5,9-10,13-16H2,1-4H3,(H2,21,22,23). The summed E-state index contributed by atoms with van der Waals surface area (Å²) in [6, 6.07) is 10.6. The zero-order valence-corrected chi connectivity index (χ0v) is 15.8. The average molecular weight is 331 g/mol. The van der Waals surface area contributed by atoms with Gasteiger partial charge in [-0.05, 0) is 44.8 Å². The van der Waals surface area contributed by atoms with E-state index >= 15 is 0 Å². The molecule has 2 N–H and O–H groups in total. The average Bonchev–Trinajstić information content (AvgIpc) is 2.58. The van der Waals surface area contributed by atoms with Gasteiger partial charge in [-0.3, -0.25) is 4.99 Å². The molecular formula is C20H34N4. The van der Waals surface area contributed by atoms with Crippen molar-refractivity contribution in [2.24, 2.45) is 10.9 Å². The van der Waals surface area contributed by atoms with E-state index < -0.39 is 0 Å². The summed E-state index contributed by atoms with van der Waals surface area (Å²) in [5, 5.41) is 6.93. The Kier molecular flexibility index (Phi) is 7.10. The number of piperidine rings is 1. The Balaban J connectivity index is 1.92. The molecule has 0 amide bonds. The van der Waals surface area contributed by atoms with Gasteiger partial charge in [0.05, 0.1) is 6.54 Å². The van der Waals surface area contributed by atoms with Crippen LogP contribution in [0.3, 0.4) is 0 Å². The Morgan fingerprint density at radius 1 is 1.25 bits per heavy atom. The smallest absolute Gasteiger partial charge is 0.191 e. The van der Waals surface area contributed by atoms with Crippen LogP contribution in [0, 0.1) is 5.92 Å². The first kappa shape index (κ1) is 18.8. The maximum atomic E-state index is 4.85. The molecule has 0 aromatic heterocycles. The van der Waals surface area contributed by atoms with Crippen LogP contribution in [0.2, 0.25) is 0 Å². The van der Waals surface area contributed by atoms with Gasteiger partial charge in [-0.1, -0.05) is 44.2 Å². The highest BCUT2D eigenvalue weighted by atomic mass is 15.2. The lowest BCUT2D eigenvalue weighted by molar-refractivity contribution is 0.210. The Hall–Kier alpha value is -1.55. The molecule has 1 unspecified atom stereocenters. The number of rotatable bonds is 6. The number of nitrogens with one attached hydrogen (secondary N) is 2. The zero-order valence-electron chi connectivity index (χ0n) is 15.8. The fourth-order valence-corrected chi connectivity index (χ4v) is 3.28. The first-order valence-electron chi connectivity index (χ1n) is 9.27. The summed E-state index contributed by atoms with van der Waals surface area (Å²) < 4.78 is 0. The summed E-state index contributed by atoms with van der Waals surface area (Å²) in [4.78, 5) is 7.27. The summed E-state index contributed by atoms with van der Waals surface area (Å²) in [5.74, 6) is 1.66. The van der Waals surface area contributed by atoms with Crippen LogP contribution in [-0.2, 0) is 5.41 Å². The molecule has 24 heavy (non-hydrogen) atoms. The normalized spacial score (nSPS) is 20.0. The summed E-state index contributed by atoms with van der Waals surface area (Å²) in [6.45, 7) is 11.7. The summed E-state index contributed by atoms with van der Waals surface area (Å²) >= 11 is 0. The Morgan fingerprint density at radius 2 is 2.00 bits per heavy atom. The van der Waals surface area contributed by atoms with Gasteiger partial charge in [-0.2, -0.15) is 0 Å². The fourth-order valence-electron chi connectivity index (χ4n) is 3.28. The second-order valence-corrected chi connectivity index (χ2v) is 7.60. The number of nitrogens with zero attached hydrogens (tertiary/aromatic N) is 2. The lowest BCUT2D eigenvalue weighted by Gasteiger charge is -2.30. The number of hydrogen-bond donors (Lipinski definition) is 2. The van der Waals surface area contributed by atoms with Crippen LogP contribution in [0.5, 0.6) is 0 Å². The molecule has 1 heterocycles. The maximum Gasteiger partial charge on any atom is 0.191 e. The molecule has 1 aliphatic heterocycles. The highest BCUT2D eigenvalue weighted by Crippen LogP contribution is 2.23. The van der Waals surface area contributed by atoms with E-state index in [2.05, 4.69) is 73.7 Å². The molecule has 0 aliphatic carbocycles. The summed E-state index contributed by atoms with van der Waals surface area (Å²) in [6.07, 6.45) is 2.61. The molecule has 1 aliphatic rings. The van der Waals surface area contributed by atoms with Crippen molar-refractivity contribution in [3.05, 3.63) is 35.9 Å². The monoisotopic (exact) mass is 330 g/mol. The van der Waals surface area contributed by atoms with Gasteiger partial charge < -0.3 is 15.5 Å². The maximum absolute atomic E-state index is 4.85. The van der Waals surface area contributed by atoms with E-state index in [1.165, 1.54) is 31.5 Å². The second-order valence-electron chi connectivity index (χ2n) is 7.60. The van der Waals surface area contributed by atoms with E-state index in [0.717, 1.165) is 31.5 Å². The van der Waals surface area contributed by atoms with Crippen LogP contribution in [-0.4, -0.2) is 50.6 Å². The SMILES string of the molecule is CCNC(=NCC(C)(C)c1ccccc1)NCC1CCCN(C)C1. The lowest BCUT2D eigenvalue weighted by atomic mass is 9.85. The highest BCUT2D eigenvalue weighted by Gasteiger charge is 2.21.